The molecular weight excluding hydrogens is 228 g/mol. The molecule has 0 spiro atoms. The SMILES string of the molecule is [Cl-].[Co+2].[O-]CCN(CCO)CCO. The molecule has 0 unspecified atom stereocenters. The Balaban J connectivity index is -0.000000405. The fourth-order valence-electron chi connectivity index (χ4n) is 0.747. The van der Waals surface area contributed by atoms with Crippen LogP contribution in [0.25, 0.3) is 0 Å². The molecule has 0 fully saturated rings. The Morgan fingerprint density at radius 2 is 1.42 bits per heavy atom. The second kappa shape index (κ2) is 14.2. The second-order valence-corrected chi connectivity index (χ2v) is 1.99. The van der Waals surface area contributed by atoms with E-state index in [1.807, 2.05) is 0 Å². The van der Waals surface area contributed by atoms with Crippen LogP contribution in [0.3, 0.4) is 0 Å². The van der Waals surface area contributed by atoms with E-state index in [4.69, 9.17) is 10.2 Å². The van der Waals surface area contributed by atoms with Crippen molar-refractivity contribution < 1.29 is 44.5 Å². The Hall–Kier alpha value is 0.636. The predicted octanol–water partition coefficient (Wildman–Crippen LogP) is -5.37. The van der Waals surface area contributed by atoms with E-state index in [1.54, 1.807) is 4.90 Å². The minimum absolute atomic E-state index is 0. The van der Waals surface area contributed by atoms with Gasteiger partial charge in [0.1, 0.15) is 0 Å². The van der Waals surface area contributed by atoms with Crippen molar-refractivity contribution in [3.63, 3.8) is 0 Å². The van der Waals surface area contributed by atoms with E-state index in [2.05, 4.69) is 0 Å². The molecule has 0 aromatic heterocycles. The monoisotopic (exact) mass is 242 g/mol. The number of aliphatic hydroxyl groups excluding tert-OH is 2. The van der Waals surface area contributed by atoms with E-state index in [0.717, 1.165) is 0 Å². The molecule has 0 amide bonds. The Morgan fingerprint density at radius 1 is 1.00 bits per heavy atom. The number of halogens is 1. The van der Waals surface area contributed by atoms with Crippen molar-refractivity contribution in [2.75, 3.05) is 39.5 Å². The van der Waals surface area contributed by atoms with Crippen LogP contribution < -0.4 is 17.5 Å². The Kier molecular flexibility index (Phi) is 21.8. The van der Waals surface area contributed by atoms with E-state index in [9.17, 15) is 5.11 Å². The van der Waals surface area contributed by atoms with E-state index in [1.165, 1.54) is 0 Å². The van der Waals surface area contributed by atoms with E-state index >= 15 is 0 Å². The molecule has 0 heterocycles. The van der Waals surface area contributed by atoms with Crippen molar-refractivity contribution in [1.29, 1.82) is 0 Å². The van der Waals surface area contributed by atoms with Gasteiger partial charge in [0.25, 0.3) is 0 Å². The van der Waals surface area contributed by atoms with Crippen LogP contribution in [0.15, 0.2) is 0 Å². The zero-order valence-electron chi connectivity index (χ0n) is 6.70. The molecule has 0 atom stereocenters. The molecule has 1 radical (unpaired) electrons. The van der Waals surface area contributed by atoms with Crippen molar-refractivity contribution in [1.82, 2.24) is 4.90 Å². The summed E-state index contributed by atoms with van der Waals surface area (Å²) in [6, 6.07) is 0. The van der Waals surface area contributed by atoms with Crippen molar-refractivity contribution in [3.05, 3.63) is 0 Å². The van der Waals surface area contributed by atoms with Gasteiger partial charge in [0, 0.05) is 13.1 Å². The van der Waals surface area contributed by atoms with Crippen molar-refractivity contribution in [3.8, 4) is 0 Å². The zero-order chi connectivity index (χ0) is 7.82. The van der Waals surface area contributed by atoms with Gasteiger partial charge in [-0.05, 0) is 6.54 Å². The van der Waals surface area contributed by atoms with E-state index < -0.39 is 0 Å². The molecule has 12 heavy (non-hydrogen) atoms. The molecular formula is C6H14ClCoNO3. The normalized spacial score (nSPS) is 9.00. The Bertz CT molecular complexity index is 65.5. The third kappa shape index (κ3) is 10.6. The van der Waals surface area contributed by atoms with Gasteiger partial charge in [-0.25, -0.2) is 0 Å². The van der Waals surface area contributed by atoms with Crippen LogP contribution in [-0.4, -0.2) is 54.6 Å². The smallest absolute Gasteiger partial charge is 1.00 e. The molecule has 0 aromatic carbocycles. The van der Waals surface area contributed by atoms with Gasteiger partial charge in [-0.15, -0.1) is 6.61 Å². The van der Waals surface area contributed by atoms with Crippen molar-refractivity contribution in [2.24, 2.45) is 0 Å². The van der Waals surface area contributed by atoms with Crippen LogP contribution in [0.4, 0.5) is 0 Å². The molecule has 0 aliphatic heterocycles. The van der Waals surface area contributed by atoms with Gasteiger partial charge in [-0.2, -0.15) is 0 Å². The number of nitrogens with zero attached hydrogens (tertiary/aromatic N) is 1. The molecule has 0 aliphatic carbocycles. The van der Waals surface area contributed by atoms with Crippen LogP contribution in [0, 0.1) is 0 Å². The maximum absolute atomic E-state index is 10.1. The molecule has 0 saturated carbocycles. The molecule has 2 N–H and O–H groups in total. The first-order valence-corrected chi connectivity index (χ1v) is 3.37. The van der Waals surface area contributed by atoms with Gasteiger partial charge in [0.2, 0.25) is 0 Å². The average molecular weight is 243 g/mol. The largest absolute Gasteiger partial charge is 2.00 e. The van der Waals surface area contributed by atoms with E-state index in [0.29, 0.717) is 19.6 Å². The van der Waals surface area contributed by atoms with Crippen molar-refractivity contribution >= 4 is 0 Å². The van der Waals surface area contributed by atoms with Crippen molar-refractivity contribution in [2.45, 2.75) is 0 Å². The molecule has 4 nitrogen and oxygen atoms in total. The third-order valence-electron chi connectivity index (χ3n) is 1.24. The van der Waals surface area contributed by atoms with E-state index in [-0.39, 0.29) is 49.0 Å². The summed E-state index contributed by atoms with van der Waals surface area (Å²) in [5, 5.41) is 27.0. The number of hydrogen-bond acceptors (Lipinski definition) is 4. The standard InChI is InChI=1S/C6H14NO3.ClH.Co/c8-4-1-7(2-5-9)3-6-10;;/h8-9H,1-6H2;1H;/q-1;;+2/p-1. The molecule has 0 rings (SSSR count). The van der Waals surface area contributed by atoms with Gasteiger partial charge >= 0.3 is 16.8 Å². The summed E-state index contributed by atoms with van der Waals surface area (Å²) in [6.07, 6.45) is 0. The fraction of sp³-hybridized carbons (Fsp3) is 1.00. The molecule has 0 bridgehead atoms. The average Bonchev–Trinajstić information content (AvgIpc) is 1.90. The maximum Gasteiger partial charge on any atom is 2.00 e. The van der Waals surface area contributed by atoms with Gasteiger partial charge in [-0.1, -0.05) is 0 Å². The first kappa shape index (κ1) is 18.4. The third-order valence-corrected chi connectivity index (χ3v) is 1.24. The maximum atomic E-state index is 10.1. The summed E-state index contributed by atoms with van der Waals surface area (Å²) in [5.74, 6) is 0. The molecule has 6 heteroatoms. The topological polar surface area (TPSA) is 66.8 Å². The van der Waals surface area contributed by atoms with Crippen LogP contribution in [0.5, 0.6) is 0 Å². The summed E-state index contributed by atoms with van der Waals surface area (Å²) < 4.78 is 0. The predicted molar refractivity (Wildman–Crippen MR) is 35.5 cm³/mol. The van der Waals surface area contributed by atoms with Gasteiger partial charge in [-0.3, -0.25) is 0 Å². The fourth-order valence-corrected chi connectivity index (χ4v) is 0.747. The van der Waals surface area contributed by atoms with Crippen LogP contribution >= 0.6 is 0 Å². The minimum atomic E-state index is -0.181. The first-order chi connectivity index (χ1) is 4.85. The molecule has 0 aliphatic rings. The van der Waals surface area contributed by atoms with Gasteiger partial charge in [0.05, 0.1) is 13.2 Å². The summed E-state index contributed by atoms with van der Waals surface area (Å²) >= 11 is 0. The minimum Gasteiger partial charge on any atom is -1.00 e. The second-order valence-electron chi connectivity index (χ2n) is 1.99. The Labute approximate surface area is 89.2 Å². The molecule has 77 valence electrons. The number of aliphatic hydroxyl groups is 2. The van der Waals surface area contributed by atoms with Crippen LogP contribution in [-0.2, 0) is 16.8 Å². The number of rotatable bonds is 6. The van der Waals surface area contributed by atoms with Crippen LogP contribution in [0.1, 0.15) is 0 Å². The summed E-state index contributed by atoms with van der Waals surface area (Å²) in [6.45, 7) is 1.26. The summed E-state index contributed by atoms with van der Waals surface area (Å²) in [7, 11) is 0. The van der Waals surface area contributed by atoms with Gasteiger partial charge < -0.3 is 32.6 Å². The molecule has 0 aromatic rings. The zero-order valence-corrected chi connectivity index (χ0v) is 8.50. The first-order valence-electron chi connectivity index (χ1n) is 3.37. The van der Waals surface area contributed by atoms with Crippen LogP contribution in [0.2, 0.25) is 0 Å². The van der Waals surface area contributed by atoms with Gasteiger partial charge in [0.15, 0.2) is 0 Å². The Morgan fingerprint density at radius 3 is 1.67 bits per heavy atom. The molecule has 0 saturated heterocycles. The summed E-state index contributed by atoms with van der Waals surface area (Å²) in [4.78, 5) is 1.73. The summed E-state index contributed by atoms with van der Waals surface area (Å²) in [5.41, 5.74) is 0. The number of hydrogen-bond donors (Lipinski definition) is 2. The quantitative estimate of drug-likeness (QED) is 0.488.